The standard InChI is InChI=1S/C28H41NO2/c1-5-6-7-8-12-24-15-18-27(29-20-24)26-16-13-25(14-17-26)21-31-28(30)19-23(4)11-9-10-22(2)3/h13-18,20,22-23H,5-12,19,21H2,1-4H3/t23-/m0/s1. The molecule has 2 aromatic rings. The Bertz CT molecular complexity index is 750. The Morgan fingerprint density at radius 2 is 1.65 bits per heavy atom. The number of carbonyl (C=O) groups is 1. The molecule has 3 heteroatoms. The molecule has 0 N–H and O–H groups in total. The summed E-state index contributed by atoms with van der Waals surface area (Å²) in [5, 5.41) is 0. The summed E-state index contributed by atoms with van der Waals surface area (Å²) in [7, 11) is 0. The predicted octanol–water partition coefficient (Wildman–Crippen LogP) is 7.77. The van der Waals surface area contributed by atoms with E-state index in [0.29, 0.717) is 18.9 Å². The van der Waals surface area contributed by atoms with Crippen molar-refractivity contribution in [1.29, 1.82) is 0 Å². The van der Waals surface area contributed by atoms with Gasteiger partial charge in [-0.25, -0.2) is 0 Å². The van der Waals surface area contributed by atoms with E-state index in [1.54, 1.807) is 0 Å². The number of aromatic nitrogens is 1. The van der Waals surface area contributed by atoms with Crippen LogP contribution < -0.4 is 0 Å². The summed E-state index contributed by atoms with van der Waals surface area (Å²) in [4.78, 5) is 16.8. The highest BCUT2D eigenvalue weighted by atomic mass is 16.5. The molecular weight excluding hydrogens is 382 g/mol. The van der Waals surface area contributed by atoms with E-state index in [9.17, 15) is 4.79 Å². The summed E-state index contributed by atoms with van der Waals surface area (Å²) in [5.41, 5.74) is 4.39. The second kappa shape index (κ2) is 14.0. The van der Waals surface area contributed by atoms with Crippen LogP contribution in [-0.2, 0) is 22.6 Å². The molecule has 1 heterocycles. The Labute approximate surface area is 189 Å². The van der Waals surface area contributed by atoms with Crippen LogP contribution in [0.2, 0.25) is 0 Å². The van der Waals surface area contributed by atoms with E-state index < -0.39 is 0 Å². The maximum absolute atomic E-state index is 12.1. The van der Waals surface area contributed by atoms with Crippen LogP contribution in [0.1, 0.15) is 90.2 Å². The molecule has 0 bridgehead atoms. The third-order valence-corrected chi connectivity index (χ3v) is 5.79. The third-order valence-electron chi connectivity index (χ3n) is 5.79. The number of rotatable bonds is 14. The number of aryl methyl sites for hydroxylation is 1. The van der Waals surface area contributed by atoms with Crippen LogP contribution in [0.3, 0.4) is 0 Å². The Morgan fingerprint density at radius 3 is 2.29 bits per heavy atom. The van der Waals surface area contributed by atoms with Gasteiger partial charge in [-0.2, -0.15) is 0 Å². The van der Waals surface area contributed by atoms with Crippen LogP contribution in [0.15, 0.2) is 42.6 Å². The van der Waals surface area contributed by atoms with Gasteiger partial charge in [-0.1, -0.05) is 96.6 Å². The van der Waals surface area contributed by atoms with Crippen LogP contribution in [0, 0.1) is 11.8 Å². The summed E-state index contributed by atoms with van der Waals surface area (Å²) in [6.07, 6.45) is 12.2. The van der Waals surface area contributed by atoms with Crippen molar-refractivity contribution in [2.75, 3.05) is 0 Å². The first-order valence-electron chi connectivity index (χ1n) is 12.2. The van der Waals surface area contributed by atoms with Crippen molar-refractivity contribution < 1.29 is 9.53 Å². The van der Waals surface area contributed by atoms with Gasteiger partial charge >= 0.3 is 5.97 Å². The summed E-state index contributed by atoms with van der Waals surface area (Å²) < 4.78 is 5.49. The molecule has 2 rings (SSSR count). The van der Waals surface area contributed by atoms with Crippen molar-refractivity contribution in [2.24, 2.45) is 11.8 Å². The summed E-state index contributed by atoms with van der Waals surface area (Å²) in [5.74, 6) is 1.01. The van der Waals surface area contributed by atoms with Crippen molar-refractivity contribution >= 4 is 5.97 Å². The third kappa shape index (κ3) is 10.1. The smallest absolute Gasteiger partial charge is 0.306 e. The first kappa shape index (κ1) is 25.1. The van der Waals surface area contributed by atoms with Crippen LogP contribution in [0.25, 0.3) is 11.3 Å². The van der Waals surface area contributed by atoms with Gasteiger partial charge in [0.1, 0.15) is 6.61 Å². The summed E-state index contributed by atoms with van der Waals surface area (Å²) >= 11 is 0. The number of pyridine rings is 1. The highest BCUT2D eigenvalue weighted by Gasteiger charge is 2.11. The Morgan fingerprint density at radius 1 is 0.903 bits per heavy atom. The largest absolute Gasteiger partial charge is 0.461 e. The van der Waals surface area contributed by atoms with E-state index in [-0.39, 0.29) is 5.97 Å². The van der Waals surface area contributed by atoms with Crippen molar-refractivity contribution in [3.8, 4) is 11.3 Å². The molecule has 1 aromatic carbocycles. The average molecular weight is 424 g/mol. The number of esters is 1. The molecule has 170 valence electrons. The van der Waals surface area contributed by atoms with Gasteiger partial charge in [0.25, 0.3) is 0 Å². The fourth-order valence-corrected chi connectivity index (χ4v) is 3.75. The zero-order valence-corrected chi connectivity index (χ0v) is 20.0. The molecule has 0 saturated carbocycles. The zero-order valence-electron chi connectivity index (χ0n) is 20.0. The van der Waals surface area contributed by atoms with Gasteiger partial charge in [-0.15, -0.1) is 0 Å². The van der Waals surface area contributed by atoms with E-state index >= 15 is 0 Å². The van der Waals surface area contributed by atoms with Gasteiger partial charge in [0.15, 0.2) is 0 Å². The topological polar surface area (TPSA) is 39.2 Å². The first-order chi connectivity index (χ1) is 15.0. The lowest BCUT2D eigenvalue weighted by Crippen LogP contribution is -2.10. The molecule has 0 unspecified atom stereocenters. The molecule has 1 atom stereocenters. The fraction of sp³-hybridized carbons (Fsp3) is 0.571. The number of hydrogen-bond acceptors (Lipinski definition) is 3. The van der Waals surface area contributed by atoms with Crippen molar-refractivity contribution in [3.63, 3.8) is 0 Å². The van der Waals surface area contributed by atoms with Gasteiger partial charge in [0.2, 0.25) is 0 Å². The van der Waals surface area contributed by atoms with Crippen molar-refractivity contribution in [1.82, 2.24) is 4.98 Å². The number of ether oxygens (including phenoxy) is 1. The first-order valence-corrected chi connectivity index (χ1v) is 12.2. The molecular formula is C28H41NO2. The fourth-order valence-electron chi connectivity index (χ4n) is 3.75. The monoisotopic (exact) mass is 423 g/mol. The molecule has 31 heavy (non-hydrogen) atoms. The van der Waals surface area contributed by atoms with Crippen LogP contribution in [0.5, 0.6) is 0 Å². The van der Waals surface area contributed by atoms with E-state index in [0.717, 1.165) is 35.6 Å². The molecule has 0 aliphatic rings. The molecule has 0 spiro atoms. The van der Waals surface area contributed by atoms with Crippen LogP contribution in [0.4, 0.5) is 0 Å². The second-order valence-corrected chi connectivity index (χ2v) is 9.35. The minimum absolute atomic E-state index is 0.0997. The Hall–Kier alpha value is -2.16. The minimum Gasteiger partial charge on any atom is -0.461 e. The van der Waals surface area contributed by atoms with E-state index in [1.807, 2.05) is 18.3 Å². The van der Waals surface area contributed by atoms with Gasteiger partial charge in [-0.05, 0) is 41.9 Å². The van der Waals surface area contributed by atoms with Crippen molar-refractivity contribution in [2.45, 2.75) is 92.1 Å². The highest BCUT2D eigenvalue weighted by molar-refractivity contribution is 5.69. The van der Waals surface area contributed by atoms with Gasteiger partial charge in [0.05, 0.1) is 5.69 Å². The van der Waals surface area contributed by atoms with Crippen molar-refractivity contribution in [3.05, 3.63) is 53.7 Å². The molecule has 3 nitrogen and oxygen atoms in total. The predicted molar refractivity (Wildman–Crippen MR) is 130 cm³/mol. The maximum atomic E-state index is 12.1. The lowest BCUT2D eigenvalue weighted by atomic mass is 9.97. The SMILES string of the molecule is CCCCCCc1ccc(-c2ccc(COC(=O)C[C@@H](C)CCCC(C)C)cc2)nc1. The zero-order chi connectivity index (χ0) is 22.5. The molecule has 0 aliphatic heterocycles. The number of benzene rings is 1. The summed E-state index contributed by atoms with van der Waals surface area (Å²) in [6, 6.07) is 12.4. The number of unbranched alkanes of at least 4 members (excludes halogenated alkanes) is 3. The van der Waals surface area contributed by atoms with Gasteiger partial charge in [0, 0.05) is 18.2 Å². The quantitative estimate of drug-likeness (QED) is 0.230. The molecule has 0 saturated heterocycles. The van der Waals surface area contributed by atoms with E-state index in [1.165, 1.54) is 44.1 Å². The molecule has 0 radical (unpaired) electrons. The number of nitrogens with zero attached hydrogens (tertiary/aromatic N) is 1. The Kier molecular flexibility index (Phi) is 11.3. The summed E-state index contributed by atoms with van der Waals surface area (Å²) in [6.45, 7) is 9.19. The lowest BCUT2D eigenvalue weighted by molar-refractivity contribution is -0.146. The van der Waals surface area contributed by atoms with E-state index in [4.69, 9.17) is 4.74 Å². The normalized spacial score (nSPS) is 12.2. The molecule has 1 aromatic heterocycles. The molecule has 0 fully saturated rings. The van der Waals surface area contributed by atoms with Crippen LogP contribution in [-0.4, -0.2) is 11.0 Å². The maximum Gasteiger partial charge on any atom is 0.306 e. The molecule has 0 amide bonds. The highest BCUT2D eigenvalue weighted by Crippen LogP contribution is 2.20. The van der Waals surface area contributed by atoms with Crippen LogP contribution >= 0.6 is 0 Å². The Balaban J connectivity index is 1.75. The second-order valence-electron chi connectivity index (χ2n) is 9.35. The lowest BCUT2D eigenvalue weighted by Gasteiger charge is -2.12. The number of carbonyl (C=O) groups excluding carboxylic acids is 1. The molecule has 0 aliphatic carbocycles. The van der Waals surface area contributed by atoms with E-state index in [2.05, 4.69) is 56.9 Å². The van der Waals surface area contributed by atoms with Gasteiger partial charge < -0.3 is 4.74 Å². The number of hydrogen-bond donors (Lipinski definition) is 0. The van der Waals surface area contributed by atoms with Gasteiger partial charge in [-0.3, -0.25) is 9.78 Å². The average Bonchev–Trinajstić information content (AvgIpc) is 2.76. The minimum atomic E-state index is -0.0997.